The van der Waals surface area contributed by atoms with Crippen LogP contribution in [-0.2, 0) is 19.6 Å². The van der Waals surface area contributed by atoms with Crippen molar-refractivity contribution in [1.29, 1.82) is 5.26 Å². The molecule has 2 heterocycles. The summed E-state index contributed by atoms with van der Waals surface area (Å²) >= 11 is 0. The quantitative estimate of drug-likeness (QED) is 0.747. The van der Waals surface area contributed by atoms with E-state index in [1.54, 1.807) is 0 Å². The van der Waals surface area contributed by atoms with Gasteiger partial charge < -0.3 is 9.64 Å². The number of benzene rings is 1. The van der Waals surface area contributed by atoms with E-state index >= 15 is 0 Å². The van der Waals surface area contributed by atoms with Crippen LogP contribution in [0.1, 0.15) is 38.2 Å². The normalized spacial score (nSPS) is 22.0. The number of carbonyl (C=O) groups is 1. The summed E-state index contributed by atoms with van der Waals surface area (Å²) in [5.41, 5.74) is 0.426. The highest BCUT2D eigenvalue weighted by molar-refractivity contribution is 7.89. The van der Waals surface area contributed by atoms with Crippen LogP contribution >= 0.6 is 0 Å². The monoisotopic (exact) mass is 405 g/mol. The summed E-state index contributed by atoms with van der Waals surface area (Å²) in [4.78, 5) is 14.9. The lowest BCUT2D eigenvalue weighted by molar-refractivity contribution is -0.140. The Hall–Kier alpha value is -1.95. The fourth-order valence-electron chi connectivity index (χ4n) is 3.96. The number of nitriles is 1. The number of nitrogens with zero attached hydrogens (tertiary/aromatic N) is 3. The lowest BCUT2D eigenvalue weighted by Crippen LogP contribution is -2.48. The molecule has 0 saturated carbocycles. The summed E-state index contributed by atoms with van der Waals surface area (Å²) in [5, 5.41) is 8.86. The van der Waals surface area contributed by atoms with Crippen molar-refractivity contribution in [3.05, 3.63) is 29.8 Å². The topological polar surface area (TPSA) is 90.7 Å². The summed E-state index contributed by atoms with van der Waals surface area (Å²) in [6.45, 7) is 4.68. The van der Waals surface area contributed by atoms with E-state index in [1.165, 1.54) is 28.6 Å². The Bertz CT molecular complexity index is 822. The van der Waals surface area contributed by atoms with Gasteiger partial charge in [0.1, 0.15) is 0 Å². The fourth-order valence-corrected chi connectivity index (χ4v) is 5.43. The number of ether oxygens (including phenoxy) is 1. The van der Waals surface area contributed by atoms with Crippen molar-refractivity contribution in [2.75, 3.05) is 32.8 Å². The molecule has 8 heteroatoms. The molecule has 152 valence electrons. The number of likely N-dealkylation sites (tertiary alicyclic amines) is 1. The van der Waals surface area contributed by atoms with E-state index in [9.17, 15) is 13.2 Å². The van der Waals surface area contributed by atoms with Crippen LogP contribution in [0.3, 0.4) is 0 Å². The van der Waals surface area contributed by atoms with E-state index < -0.39 is 10.0 Å². The highest BCUT2D eigenvalue weighted by atomic mass is 32.2. The first-order chi connectivity index (χ1) is 13.5. The van der Waals surface area contributed by atoms with Gasteiger partial charge in [0.25, 0.3) is 0 Å². The van der Waals surface area contributed by atoms with Gasteiger partial charge in [0.15, 0.2) is 0 Å². The molecule has 2 fully saturated rings. The molecule has 0 radical (unpaired) electrons. The van der Waals surface area contributed by atoms with Crippen LogP contribution in [0.5, 0.6) is 0 Å². The Morgan fingerprint density at radius 1 is 1.18 bits per heavy atom. The lowest BCUT2D eigenvalue weighted by Gasteiger charge is -2.37. The SMILES string of the molecule is CCOC1CCCN(C(=O)C2CCN(S(=O)(=O)c3ccc(C#N)cc3)CC2)C1. The summed E-state index contributed by atoms with van der Waals surface area (Å²) in [7, 11) is -3.60. The lowest BCUT2D eigenvalue weighted by atomic mass is 9.95. The highest BCUT2D eigenvalue weighted by Gasteiger charge is 2.35. The number of piperidine rings is 2. The van der Waals surface area contributed by atoms with Crippen molar-refractivity contribution >= 4 is 15.9 Å². The van der Waals surface area contributed by atoms with Crippen molar-refractivity contribution in [2.24, 2.45) is 5.92 Å². The molecule has 7 nitrogen and oxygen atoms in total. The molecule has 0 N–H and O–H groups in total. The predicted octanol–water partition coefficient (Wildman–Crippen LogP) is 1.99. The van der Waals surface area contributed by atoms with Crippen molar-refractivity contribution in [1.82, 2.24) is 9.21 Å². The Morgan fingerprint density at radius 2 is 1.86 bits per heavy atom. The Balaban J connectivity index is 1.59. The number of rotatable bonds is 5. The molecule has 0 bridgehead atoms. The van der Waals surface area contributed by atoms with Gasteiger partial charge in [-0.2, -0.15) is 9.57 Å². The maximum atomic E-state index is 12.9. The second kappa shape index (κ2) is 9.03. The van der Waals surface area contributed by atoms with Crippen LogP contribution < -0.4 is 0 Å². The summed E-state index contributed by atoms with van der Waals surface area (Å²) in [5.74, 6) is -0.00684. The molecule has 0 spiro atoms. The Kier molecular flexibility index (Phi) is 6.70. The van der Waals surface area contributed by atoms with Gasteiger partial charge in [-0.3, -0.25) is 4.79 Å². The zero-order valence-electron chi connectivity index (χ0n) is 16.2. The number of amides is 1. The Morgan fingerprint density at radius 3 is 2.46 bits per heavy atom. The third-order valence-corrected chi connectivity index (χ3v) is 7.43. The van der Waals surface area contributed by atoms with E-state index in [-0.39, 0.29) is 22.8 Å². The zero-order valence-corrected chi connectivity index (χ0v) is 17.0. The molecule has 1 atom stereocenters. The van der Waals surface area contributed by atoms with Crippen molar-refractivity contribution in [3.8, 4) is 6.07 Å². The molecule has 2 saturated heterocycles. The molecule has 0 aliphatic carbocycles. The van der Waals surface area contributed by atoms with E-state index in [0.29, 0.717) is 44.6 Å². The van der Waals surface area contributed by atoms with Gasteiger partial charge in [-0.25, -0.2) is 8.42 Å². The third-order valence-electron chi connectivity index (χ3n) is 5.52. The average Bonchev–Trinajstić information content (AvgIpc) is 2.74. The molecule has 2 aliphatic heterocycles. The fraction of sp³-hybridized carbons (Fsp3) is 0.600. The molecule has 3 rings (SSSR count). The van der Waals surface area contributed by atoms with Crippen LogP contribution in [0.2, 0.25) is 0 Å². The second-order valence-electron chi connectivity index (χ2n) is 7.32. The first-order valence-corrected chi connectivity index (χ1v) is 11.3. The maximum absolute atomic E-state index is 12.9. The van der Waals surface area contributed by atoms with Gasteiger partial charge in [-0.1, -0.05) is 0 Å². The predicted molar refractivity (Wildman–Crippen MR) is 104 cm³/mol. The van der Waals surface area contributed by atoms with Gasteiger partial charge in [0.05, 0.1) is 22.6 Å². The molecule has 1 aromatic rings. The van der Waals surface area contributed by atoms with E-state index in [0.717, 1.165) is 19.4 Å². The molecule has 1 aromatic carbocycles. The van der Waals surface area contributed by atoms with Crippen LogP contribution in [-0.4, -0.2) is 62.4 Å². The number of sulfonamides is 1. The van der Waals surface area contributed by atoms with Crippen LogP contribution in [0, 0.1) is 17.2 Å². The van der Waals surface area contributed by atoms with Gasteiger partial charge in [0.2, 0.25) is 15.9 Å². The first-order valence-electron chi connectivity index (χ1n) is 9.86. The maximum Gasteiger partial charge on any atom is 0.243 e. The molecular formula is C20H27N3O4S. The third kappa shape index (κ3) is 4.54. The average molecular weight is 406 g/mol. The second-order valence-corrected chi connectivity index (χ2v) is 9.26. The molecule has 1 amide bonds. The zero-order chi connectivity index (χ0) is 20.1. The van der Waals surface area contributed by atoms with Gasteiger partial charge in [0, 0.05) is 38.7 Å². The van der Waals surface area contributed by atoms with Crippen molar-refractivity contribution in [3.63, 3.8) is 0 Å². The van der Waals surface area contributed by atoms with Gasteiger partial charge >= 0.3 is 0 Å². The van der Waals surface area contributed by atoms with Gasteiger partial charge in [-0.05, 0) is 56.9 Å². The van der Waals surface area contributed by atoms with Gasteiger partial charge in [-0.15, -0.1) is 0 Å². The van der Waals surface area contributed by atoms with Crippen LogP contribution in [0.15, 0.2) is 29.2 Å². The van der Waals surface area contributed by atoms with E-state index in [2.05, 4.69) is 0 Å². The van der Waals surface area contributed by atoms with Crippen molar-refractivity contribution < 1.29 is 17.9 Å². The number of carbonyl (C=O) groups excluding carboxylic acids is 1. The van der Waals surface area contributed by atoms with E-state index in [1.807, 2.05) is 17.9 Å². The van der Waals surface area contributed by atoms with Crippen LogP contribution in [0.25, 0.3) is 0 Å². The summed E-state index contributed by atoms with van der Waals surface area (Å²) in [6, 6.07) is 7.93. The largest absolute Gasteiger partial charge is 0.377 e. The molecule has 2 aliphatic rings. The Labute approximate surface area is 166 Å². The summed E-state index contributed by atoms with van der Waals surface area (Å²) in [6.07, 6.45) is 3.11. The first kappa shape index (κ1) is 20.8. The molecule has 28 heavy (non-hydrogen) atoms. The standard InChI is InChI=1S/C20H27N3O4S/c1-2-27-18-4-3-11-22(15-18)20(24)17-9-12-23(13-10-17)28(25,26)19-7-5-16(14-21)6-8-19/h5-8,17-18H,2-4,9-13,15H2,1H3. The van der Waals surface area contributed by atoms with Crippen LogP contribution in [0.4, 0.5) is 0 Å². The number of hydrogen-bond acceptors (Lipinski definition) is 5. The smallest absolute Gasteiger partial charge is 0.243 e. The highest BCUT2D eigenvalue weighted by Crippen LogP contribution is 2.26. The molecule has 1 unspecified atom stereocenters. The number of hydrogen-bond donors (Lipinski definition) is 0. The molecular weight excluding hydrogens is 378 g/mol. The molecule has 0 aromatic heterocycles. The van der Waals surface area contributed by atoms with E-state index in [4.69, 9.17) is 10.00 Å². The minimum absolute atomic E-state index is 0.111. The minimum atomic E-state index is -3.60. The van der Waals surface area contributed by atoms with Crippen molar-refractivity contribution in [2.45, 2.75) is 43.6 Å². The summed E-state index contributed by atoms with van der Waals surface area (Å²) < 4.78 is 32.7. The minimum Gasteiger partial charge on any atom is -0.377 e.